The van der Waals surface area contributed by atoms with Gasteiger partial charge in [-0.1, -0.05) is 45.0 Å². The third kappa shape index (κ3) is 7.91. The summed E-state index contributed by atoms with van der Waals surface area (Å²) >= 11 is 0. The molecule has 1 aromatic heterocycles. The van der Waals surface area contributed by atoms with E-state index in [0.717, 1.165) is 53.4 Å². The van der Waals surface area contributed by atoms with Gasteiger partial charge in [-0.05, 0) is 49.1 Å². The lowest BCUT2D eigenvalue weighted by molar-refractivity contribution is -0.123. The number of allylic oxidation sites excluding steroid dienone is 1. The lowest BCUT2D eigenvalue weighted by Crippen LogP contribution is -2.37. The fraction of sp³-hybridized carbons (Fsp3) is 0.375. The third-order valence-electron chi connectivity index (χ3n) is 6.91. The summed E-state index contributed by atoms with van der Waals surface area (Å²) in [4.78, 5) is 24.6. The molecule has 0 aliphatic carbocycles. The Hall–Kier alpha value is -4.24. The number of benzene rings is 2. The van der Waals surface area contributed by atoms with Crippen molar-refractivity contribution >= 4 is 29.2 Å². The fourth-order valence-corrected chi connectivity index (χ4v) is 4.51. The van der Waals surface area contributed by atoms with Crippen LogP contribution in [0.2, 0.25) is 0 Å². The Kier molecular flexibility index (Phi) is 9.39. The van der Waals surface area contributed by atoms with Gasteiger partial charge in [0.1, 0.15) is 11.6 Å². The summed E-state index contributed by atoms with van der Waals surface area (Å²) in [6.07, 6.45) is 3.50. The second-order valence-electron chi connectivity index (χ2n) is 11.8. The zero-order chi connectivity index (χ0) is 29.6. The molecule has 0 atom stereocenters. The molecular weight excluding hydrogens is 514 g/mol. The van der Waals surface area contributed by atoms with E-state index in [1.54, 1.807) is 0 Å². The largest absolute Gasteiger partial charge is 0.484 e. The maximum Gasteiger partial charge on any atom is 0.257 e. The number of nitrogens with two attached hydrogens (primary N) is 1. The summed E-state index contributed by atoms with van der Waals surface area (Å²) in [5.41, 5.74) is 11.0. The zero-order valence-electron chi connectivity index (χ0n) is 24.6. The number of nitrogens with zero attached hydrogens (tertiary/aromatic N) is 3. The van der Waals surface area contributed by atoms with Gasteiger partial charge in [-0.3, -0.25) is 9.69 Å². The molecule has 216 valence electrons. The van der Waals surface area contributed by atoms with Crippen molar-refractivity contribution in [1.29, 1.82) is 5.41 Å². The lowest BCUT2D eigenvalue weighted by atomic mass is 9.97. The normalized spacial score (nSPS) is 14.0. The molecule has 9 nitrogen and oxygen atoms in total. The molecule has 5 N–H and O–H groups in total. The molecule has 0 spiro atoms. The van der Waals surface area contributed by atoms with E-state index >= 15 is 0 Å². The highest BCUT2D eigenvalue weighted by Crippen LogP contribution is 2.31. The van der Waals surface area contributed by atoms with Crippen molar-refractivity contribution in [3.8, 4) is 17.1 Å². The Bertz CT molecular complexity index is 1410. The standard InChI is InChI=1S/C32H41N7O2/c1-21(2)39-14-13-28-27(18-39)31(36-25-11-9-22(10-12-25)24(16-33)17-34)38-30(37-28)23-7-6-8-26(15-23)41-19-29(40)35-20-32(3,4)5/h6-12,15-17,21,33H,13-14,18-20,34H2,1-5H3,(H,35,40)(H,36,37,38)/b24-17+,33-16?. The number of amides is 1. The number of fused-ring (bicyclic) bond motifs is 1. The van der Waals surface area contributed by atoms with Crippen molar-refractivity contribution in [2.24, 2.45) is 11.1 Å². The molecule has 2 heterocycles. The average Bonchev–Trinajstić information content (AvgIpc) is 2.96. The molecule has 4 rings (SSSR count). The van der Waals surface area contributed by atoms with Gasteiger partial charge in [0, 0.05) is 66.9 Å². The molecule has 41 heavy (non-hydrogen) atoms. The second-order valence-corrected chi connectivity index (χ2v) is 11.8. The lowest BCUT2D eigenvalue weighted by Gasteiger charge is -2.32. The third-order valence-corrected chi connectivity index (χ3v) is 6.91. The highest BCUT2D eigenvalue weighted by Gasteiger charge is 2.24. The van der Waals surface area contributed by atoms with Gasteiger partial charge >= 0.3 is 0 Å². The van der Waals surface area contributed by atoms with Crippen LogP contribution in [0.15, 0.2) is 54.7 Å². The molecule has 1 amide bonds. The predicted octanol–water partition coefficient (Wildman–Crippen LogP) is 5.14. The molecule has 0 fully saturated rings. The van der Waals surface area contributed by atoms with Crippen LogP contribution in [0.3, 0.4) is 0 Å². The van der Waals surface area contributed by atoms with Gasteiger partial charge in [0.2, 0.25) is 0 Å². The summed E-state index contributed by atoms with van der Waals surface area (Å²) in [7, 11) is 0. The van der Waals surface area contributed by atoms with Gasteiger partial charge < -0.3 is 26.5 Å². The van der Waals surface area contributed by atoms with Crippen molar-refractivity contribution in [2.75, 3.05) is 25.0 Å². The van der Waals surface area contributed by atoms with E-state index in [-0.39, 0.29) is 17.9 Å². The zero-order valence-corrected chi connectivity index (χ0v) is 24.6. The van der Waals surface area contributed by atoms with E-state index in [4.69, 9.17) is 25.8 Å². The van der Waals surface area contributed by atoms with Crippen molar-refractivity contribution in [2.45, 2.75) is 53.6 Å². The first-order valence-corrected chi connectivity index (χ1v) is 14.0. The molecule has 3 aromatic rings. The number of carbonyl (C=O) groups is 1. The van der Waals surface area contributed by atoms with Gasteiger partial charge in [0.05, 0.1) is 5.69 Å². The SMILES string of the molecule is CC(C)N1CCc2nc(-c3cccc(OCC(=O)NCC(C)(C)C)c3)nc(Nc3ccc(/C(C=N)=C/N)cc3)c2C1. The number of aromatic nitrogens is 2. The van der Waals surface area contributed by atoms with Crippen LogP contribution in [0, 0.1) is 10.8 Å². The minimum absolute atomic E-state index is 0.00432. The Labute approximate surface area is 242 Å². The summed E-state index contributed by atoms with van der Waals surface area (Å²) < 4.78 is 5.80. The minimum atomic E-state index is -0.155. The van der Waals surface area contributed by atoms with Crippen LogP contribution in [-0.4, -0.2) is 52.7 Å². The number of anilines is 2. The molecular formula is C32H41N7O2. The van der Waals surface area contributed by atoms with Crippen LogP contribution < -0.4 is 21.1 Å². The molecule has 2 aromatic carbocycles. The first-order chi connectivity index (χ1) is 19.6. The number of nitrogens with one attached hydrogen (secondary N) is 3. The van der Waals surface area contributed by atoms with Gasteiger partial charge in [-0.2, -0.15) is 0 Å². The van der Waals surface area contributed by atoms with Crippen molar-refractivity contribution < 1.29 is 9.53 Å². The Morgan fingerprint density at radius 1 is 1.17 bits per heavy atom. The first kappa shape index (κ1) is 29.7. The predicted molar refractivity (Wildman–Crippen MR) is 165 cm³/mol. The number of rotatable bonds is 10. The summed E-state index contributed by atoms with van der Waals surface area (Å²) in [5.74, 6) is 1.79. The van der Waals surface area contributed by atoms with E-state index in [2.05, 4.69) is 50.2 Å². The first-order valence-electron chi connectivity index (χ1n) is 14.0. The summed E-state index contributed by atoms with van der Waals surface area (Å²) in [6.45, 7) is 12.8. The number of ether oxygens (including phenoxy) is 1. The molecule has 0 bridgehead atoms. The van der Waals surface area contributed by atoms with Gasteiger partial charge in [0.15, 0.2) is 12.4 Å². The Morgan fingerprint density at radius 2 is 1.93 bits per heavy atom. The van der Waals surface area contributed by atoms with Crippen molar-refractivity contribution in [1.82, 2.24) is 20.2 Å². The van der Waals surface area contributed by atoms with E-state index in [1.165, 1.54) is 12.4 Å². The second kappa shape index (κ2) is 13.0. The topological polar surface area (TPSA) is 129 Å². The van der Waals surface area contributed by atoms with Crippen LogP contribution in [0.4, 0.5) is 11.5 Å². The summed E-state index contributed by atoms with van der Waals surface area (Å²) in [5, 5.41) is 14.0. The van der Waals surface area contributed by atoms with Crippen molar-refractivity contribution in [3.05, 3.63) is 71.6 Å². The molecule has 9 heteroatoms. The van der Waals surface area contributed by atoms with E-state index in [9.17, 15) is 4.79 Å². The Balaban J connectivity index is 1.60. The quantitative estimate of drug-likeness (QED) is 0.255. The van der Waals surface area contributed by atoms with Crippen LogP contribution >= 0.6 is 0 Å². The van der Waals surface area contributed by atoms with Gasteiger partial charge in [-0.25, -0.2) is 9.97 Å². The fourth-order valence-electron chi connectivity index (χ4n) is 4.51. The molecule has 0 saturated carbocycles. The number of hydrogen-bond donors (Lipinski definition) is 4. The highest BCUT2D eigenvalue weighted by molar-refractivity contribution is 6.08. The van der Waals surface area contributed by atoms with Crippen molar-refractivity contribution in [3.63, 3.8) is 0 Å². The average molecular weight is 556 g/mol. The van der Waals surface area contributed by atoms with E-state index < -0.39 is 0 Å². The van der Waals surface area contributed by atoms with Crippen LogP contribution in [0.1, 0.15) is 51.4 Å². The van der Waals surface area contributed by atoms with Gasteiger partial charge in [-0.15, -0.1) is 0 Å². The molecule has 1 aliphatic rings. The van der Waals surface area contributed by atoms with Gasteiger partial charge in [0.25, 0.3) is 5.91 Å². The summed E-state index contributed by atoms with van der Waals surface area (Å²) in [6, 6.07) is 15.7. The number of carbonyl (C=O) groups excluding carboxylic acids is 1. The number of hydrogen-bond acceptors (Lipinski definition) is 8. The monoisotopic (exact) mass is 555 g/mol. The minimum Gasteiger partial charge on any atom is -0.484 e. The van der Waals surface area contributed by atoms with Crippen LogP contribution in [0.5, 0.6) is 5.75 Å². The molecule has 0 saturated heterocycles. The highest BCUT2D eigenvalue weighted by atomic mass is 16.5. The molecule has 0 radical (unpaired) electrons. The Morgan fingerprint density at radius 3 is 2.59 bits per heavy atom. The maximum atomic E-state index is 12.3. The van der Waals surface area contributed by atoms with E-state index in [0.29, 0.717) is 29.7 Å². The van der Waals surface area contributed by atoms with Crippen LogP contribution in [-0.2, 0) is 17.8 Å². The smallest absolute Gasteiger partial charge is 0.257 e. The molecule has 1 aliphatic heterocycles. The maximum absolute atomic E-state index is 12.3. The van der Waals surface area contributed by atoms with E-state index in [1.807, 2.05) is 48.5 Å². The molecule has 0 unspecified atom stereocenters. The van der Waals surface area contributed by atoms with Crippen LogP contribution in [0.25, 0.3) is 17.0 Å².